The summed E-state index contributed by atoms with van der Waals surface area (Å²) in [7, 11) is -2.55. The fourth-order valence-electron chi connectivity index (χ4n) is 11.3. The van der Waals surface area contributed by atoms with Crippen molar-refractivity contribution >= 4 is 84.4 Å². The molecule has 0 atom stereocenters. The molecule has 0 spiro atoms. The van der Waals surface area contributed by atoms with Crippen LogP contribution in [0.2, 0.25) is 0 Å². The van der Waals surface area contributed by atoms with Gasteiger partial charge in [-0.3, -0.25) is 43.0 Å². The fourth-order valence-corrected chi connectivity index (χ4v) is 13.7. The Labute approximate surface area is 553 Å². The van der Waals surface area contributed by atoms with E-state index in [4.69, 9.17) is 34.4 Å². The zero-order chi connectivity index (χ0) is 67.3. The van der Waals surface area contributed by atoms with Crippen LogP contribution in [0.25, 0.3) is 54.8 Å². The van der Waals surface area contributed by atoms with Crippen molar-refractivity contribution in [3.8, 4) is 33.0 Å². The number of rotatable bonds is 36. The van der Waals surface area contributed by atoms with E-state index in [0.29, 0.717) is 160 Å². The molecule has 7 aromatic rings. The number of benzene rings is 3. The lowest BCUT2D eigenvalue weighted by Gasteiger charge is -2.31. The van der Waals surface area contributed by atoms with Gasteiger partial charge in [-0.25, -0.2) is 32.2 Å². The van der Waals surface area contributed by atoms with Crippen LogP contribution < -0.4 is 26.4 Å². The lowest BCUT2D eigenvalue weighted by atomic mass is 9.96. The number of nitrogens with zero attached hydrogens (tertiary/aromatic N) is 9. The minimum Gasteiger partial charge on any atom is -0.468 e. The number of nitrogens with one attached hydrogen (secondary N) is 4. The lowest BCUT2D eigenvalue weighted by molar-refractivity contribution is -0.141. The predicted octanol–water partition coefficient (Wildman–Crippen LogP) is 5.07. The Hall–Kier alpha value is -8.17. The third kappa shape index (κ3) is 20.2. The molecule has 512 valence electrons. The Morgan fingerprint density at radius 3 is 2.08 bits per heavy atom. The van der Waals surface area contributed by atoms with Crippen molar-refractivity contribution < 1.29 is 69.6 Å². The van der Waals surface area contributed by atoms with E-state index < -0.39 is 39.4 Å². The summed E-state index contributed by atoms with van der Waals surface area (Å²) in [6, 6.07) is 14.9. The average molecular weight is 1360 g/mol. The normalized spacial score (nSPS) is 14.2. The number of sulfonamides is 1. The maximum absolute atomic E-state index is 16.1. The molecule has 0 saturated carbocycles. The van der Waals surface area contributed by atoms with Crippen LogP contribution in [0.1, 0.15) is 62.1 Å². The number of hydrogen-bond acceptors (Lipinski definition) is 21. The number of thiazole rings is 1. The molecule has 9 rings (SSSR count). The molecule has 3 aromatic carbocycles. The molecule has 0 unspecified atom stereocenters. The van der Waals surface area contributed by atoms with Crippen molar-refractivity contribution in [3.05, 3.63) is 89.3 Å². The number of piperidine rings is 2. The first kappa shape index (κ1) is 71.1. The molecule has 2 saturated heterocycles. The zero-order valence-electron chi connectivity index (χ0n) is 53.6. The molecule has 0 radical (unpaired) electrons. The van der Waals surface area contributed by atoms with Gasteiger partial charge in [-0.15, -0.1) is 11.3 Å². The van der Waals surface area contributed by atoms with Gasteiger partial charge in [0.15, 0.2) is 5.82 Å². The van der Waals surface area contributed by atoms with Crippen LogP contribution in [-0.2, 0) is 75.5 Å². The molecule has 27 nitrogen and oxygen atoms in total. The van der Waals surface area contributed by atoms with Gasteiger partial charge >= 0.3 is 5.97 Å². The van der Waals surface area contributed by atoms with Gasteiger partial charge in [-0.1, -0.05) is 25.1 Å². The lowest BCUT2D eigenvalue weighted by Crippen LogP contribution is -2.42. The van der Waals surface area contributed by atoms with Crippen LogP contribution in [0.15, 0.2) is 67.0 Å². The molecule has 2 aliphatic rings. The Morgan fingerprint density at radius 1 is 0.726 bits per heavy atom. The molecular weight excluding hydrogens is 1270 g/mol. The van der Waals surface area contributed by atoms with E-state index in [1.807, 2.05) is 21.7 Å². The molecule has 0 aliphatic carbocycles. The second kappa shape index (κ2) is 35.0. The van der Waals surface area contributed by atoms with Crippen LogP contribution in [0, 0.1) is 24.5 Å². The average Bonchev–Trinajstić information content (AvgIpc) is 1.66. The molecular formula is C64H82F2N14O13S2. The summed E-state index contributed by atoms with van der Waals surface area (Å²) in [6.45, 7) is 10.0. The number of esters is 1. The van der Waals surface area contributed by atoms with Crippen molar-refractivity contribution in [3.63, 3.8) is 0 Å². The van der Waals surface area contributed by atoms with Gasteiger partial charge in [-0.05, 0) is 100.0 Å². The summed E-state index contributed by atoms with van der Waals surface area (Å²) in [5.41, 5.74) is 9.63. The summed E-state index contributed by atoms with van der Waals surface area (Å²) < 4.78 is 95.5. The summed E-state index contributed by atoms with van der Waals surface area (Å²) in [5, 5.41) is 19.1. The van der Waals surface area contributed by atoms with Crippen molar-refractivity contribution in [1.82, 2.24) is 60.3 Å². The van der Waals surface area contributed by atoms with Crippen molar-refractivity contribution in [2.45, 2.75) is 71.4 Å². The first-order valence-corrected chi connectivity index (χ1v) is 34.2. The smallest absolute Gasteiger partial charge is 0.325 e. The molecule has 95 heavy (non-hydrogen) atoms. The van der Waals surface area contributed by atoms with Crippen LogP contribution >= 0.6 is 11.3 Å². The standard InChI is InChI=1S/C64H82F2N14O13S2/c1-4-33-95(86,87)76-50-9-5-8-47(60(50)66)61-62(51-11-17-69-64(67)73-51)94-63(74-61)44-14-21-78(22-15-44)57(84)16-23-89-25-27-91-29-31-93-32-30-92-28-26-90-24-18-68-55(82)40-77-19-12-43(13-20-77)39-79-53-35-48(49(65)34-45(53)36-72-79)46-7-6-10-52-59(46)42(2)75-80(52)41-56(83)70-37-54(81)71-38-58(85)88-3/h5-11,17,34-36,43-44,76H,4,12-16,18-33,37-41H2,1-3H3,(H,68,82)(H,70,83)(H,71,81)(H2,67,69,73). The highest BCUT2D eigenvalue weighted by Gasteiger charge is 2.30. The molecule has 6 heterocycles. The fraction of sp³-hybridized carbons (Fsp3) is 0.500. The summed E-state index contributed by atoms with van der Waals surface area (Å²) >= 11 is 1.37. The van der Waals surface area contributed by atoms with Crippen LogP contribution in [0.5, 0.6) is 0 Å². The van der Waals surface area contributed by atoms with Crippen molar-refractivity contribution in [1.29, 1.82) is 0 Å². The van der Waals surface area contributed by atoms with Gasteiger partial charge in [-0.2, -0.15) is 10.2 Å². The Kier molecular flexibility index (Phi) is 26.2. The largest absolute Gasteiger partial charge is 0.468 e. The molecule has 6 N–H and O–H groups in total. The number of aryl methyl sites for hydroxylation is 1. The van der Waals surface area contributed by atoms with E-state index in [2.05, 4.69) is 50.5 Å². The van der Waals surface area contributed by atoms with Crippen LogP contribution in [0.4, 0.5) is 20.4 Å². The monoisotopic (exact) mass is 1360 g/mol. The third-order valence-corrected chi connectivity index (χ3v) is 18.8. The van der Waals surface area contributed by atoms with Gasteiger partial charge in [0.05, 0.1) is 148 Å². The highest BCUT2D eigenvalue weighted by molar-refractivity contribution is 7.92. The predicted molar refractivity (Wildman–Crippen MR) is 351 cm³/mol. The second-order valence-electron chi connectivity index (χ2n) is 22.9. The number of fused-ring (bicyclic) bond motifs is 2. The molecule has 4 amide bonds. The number of ether oxygens (including phenoxy) is 6. The van der Waals surface area contributed by atoms with Gasteiger partial charge in [0.25, 0.3) is 0 Å². The highest BCUT2D eigenvalue weighted by Crippen LogP contribution is 2.43. The summed E-state index contributed by atoms with van der Waals surface area (Å²) in [5.74, 6) is -2.73. The second-order valence-corrected chi connectivity index (χ2v) is 25.8. The topological polar surface area (TPSA) is 330 Å². The number of amides is 4. The highest BCUT2D eigenvalue weighted by atomic mass is 32.2. The van der Waals surface area contributed by atoms with E-state index >= 15 is 8.78 Å². The molecule has 2 aliphatic heterocycles. The number of likely N-dealkylation sites (tertiary alicyclic amines) is 2. The SMILES string of the molecule is CCCS(=O)(=O)Nc1cccc(-c2nc(C3CCN(C(=O)CCOCCOCCOCCOCCOCCNC(=O)CN4CCC(Cn5ncc6cc(F)c(-c7cccc8c7c(C)nn8CC(=O)NCC(=O)NCC(=O)OC)cc65)CC4)CC3)sc2-c2ccnc(N)n2)c1F. The molecule has 2 fully saturated rings. The summed E-state index contributed by atoms with van der Waals surface area (Å²) in [6.07, 6.45) is 6.78. The van der Waals surface area contributed by atoms with E-state index in [-0.39, 0.29) is 79.9 Å². The van der Waals surface area contributed by atoms with E-state index in [1.165, 1.54) is 41.5 Å². The maximum atomic E-state index is 16.1. The van der Waals surface area contributed by atoms with Crippen LogP contribution in [-0.4, -0.2) is 214 Å². The molecule has 0 bridgehead atoms. The quantitative estimate of drug-likeness (QED) is 0.0253. The first-order chi connectivity index (χ1) is 46.0. The minimum atomic E-state index is -3.75. The number of hydrogen-bond donors (Lipinski definition) is 5. The Bertz CT molecular complexity index is 3870. The van der Waals surface area contributed by atoms with Gasteiger partial charge < -0.3 is 55.0 Å². The maximum Gasteiger partial charge on any atom is 0.325 e. The minimum absolute atomic E-state index is 0.00770. The number of anilines is 2. The van der Waals surface area contributed by atoms with Gasteiger partial charge in [0.2, 0.25) is 39.6 Å². The molecule has 4 aromatic heterocycles. The van der Waals surface area contributed by atoms with E-state index in [9.17, 15) is 32.4 Å². The Balaban J connectivity index is 0.579. The molecule has 31 heteroatoms. The van der Waals surface area contributed by atoms with Crippen LogP contribution in [0.3, 0.4) is 0 Å². The van der Waals surface area contributed by atoms with E-state index in [1.54, 1.807) is 50.4 Å². The van der Waals surface area contributed by atoms with Gasteiger partial charge in [0.1, 0.15) is 18.9 Å². The van der Waals surface area contributed by atoms with E-state index in [0.717, 1.165) is 36.5 Å². The number of nitrogen functional groups attached to an aromatic ring is 1. The third-order valence-electron chi connectivity index (χ3n) is 16.1. The number of halogens is 2. The summed E-state index contributed by atoms with van der Waals surface area (Å²) in [4.78, 5) is 79.9. The number of aromatic nitrogens is 7. The number of carbonyl (C=O) groups excluding carboxylic acids is 5. The zero-order valence-corrected chi connectivity index (χ0v) is 55.2. The van der Waals surface area contributed by atoms with Crippen molar-refractivity contribution in [2.24, 2.45) is 5.92 Å². The number of methoxy groups -OCH3 is 1. The van der Waals surface area contributed by atoms with Gasteiger partial charge in [0, 0.05) is 60.2 Å². The van der Waals surface area contributed by atoms with Crippen molar-refractivity contribution in [2.75, 3.05) is 142 Å². The number of carbonyl (C=O) groups is 5. The number of nitrogens with two attached hydrogens (primary N) is 1. The Morgan fingerprint density at radius 2 is 1.39 bits per heavy atom. The first-order valence-electron chi connectivity index (χ1n) is 31.7.